The second kappa shape index (κ2) is 24.4. The molecule has 34 nitrogen and oxygen atoms in total. The van der Waals surface area contributed by atoms with Crippen LogP contribution in [-0.4, -0.2) is 179 Å². The summed E-state index contributed by atoms with van der Waals surface area (Å²) in [6, 6.07) is 2.44. The number of hydrogen-bond donors (Lipinski definition) is 12. The lowest BCUT2D eigenvalue weighted by molar-refractivity contribution is -0.290. The number of phosphoric ester groups is 2. The highest BCUT2D eigenvalue weighted by molar-refractivity contribution is 7.47. The van der Waals surface area contributed by atoms with Gasteiger partial charge >= 0.3 is 39.0 Å². The van der Waals surface area contributed by atoms with E-state index in [1.165, 1.54) is 32.2 Å². The number of Topliss-reactive ketones (excluding diaryl/α,β-unsaturated/α-hetero) is 2. The highest BCUT2D eigenvalue weighted by atomic mass is 31.2. The molecule has 2 aromatic heterocycles. The van der Waals surface area contributed by atoms with Crippen LogP contribution in [0.1, 0.15) is 66.3 Å². The Bertz CT molecular complexity index is 2660. The first-order valence-electron chi connectivity index (χ1n) is 21.5. The van der Waals surface area contributed by atoms with Crippen LogP contribution in [0.15, 0.2) is 34.1 Å². The number of phosphoric acid groups is 2. The Balaban J connectivity index is 0.000000321. The van der Waals surface area contributed by atoms with Crippen LogP contribution in [0.25, 0.3) is 0 Å². The lowest BCUT2D eigenvalue weighted by Crippen LogP contribution is -2.60. The van der Waals surface area contributed by atoms with Gasteiger partial charge in [0.15, 0.2) is 25.1 Å². The molecule has 4 aliphatic rings. The van der Waals surface area contributed by atoms with Crippen molar-refractivity contribution in [1.29, 1.82) is 0 Å². The van der Waals surface area contributed by atoms with Crippen molar-refractivity contribution in [2.24, 2.45) is 17.8 Å². The Hall–Kier alpha value is -5.20. The Kier molecular flexibility index (Phi) is 20.3. The van der Waals surface area contributed by atoms with Gasteiger partial charge in [0.25, 0.3) is 11.6 Å². The molecule has 36 heteroatoms. The standard InChI is InChI=1S/C20H28N3O14P.C18H24N3O14P.CH4/c1-8(25)5-10-11(26)6-20(18(29)30,35-15(10)12(27)7-24)37-38(32,33)36-17-14(28)9(2)16(34-17)23-4-3-13(21)22-19(23)31;1-7(23)4-8-9(24)5-18(16(27)28,33-10(8)6-22)35-36(30,31)34-15-13(26)12(25)14(32-15)21-3-2-11(19)20-17(21)29;/h3-4,7,9-12,14-17,26-28H,5-6H2,1-2H3,(H,29,30)(H,32,33)(H2,21,22,31);2-3,6,8-10,12-15,24-26H,4-5H2,1H3,(H,27,28)(H,30,31)(H2,19,20,29);1H4. The number of nitrogens with two attached hydrogens (primary N) is 2. The van der Waals surface area contributed by atoms with Crippen molar-refractivity contribution < 1.29 is 126 Å². The number of ketones is 2. The predicted molar refractivity (Wildman–Crippen MR) is 239 cm³/mol. The molecule has 6 rings (SSSR count). The van der Waals surface area contributed by atoms with Crippen LogP contribution in [0.5, 0.6) is 0 Å². The summed E-state index contributed by atoms with van der Waals surface area (Å²) in [4.78, 5) is 121. The number of hydrogen-bond acceptors (Lipinski definition) is 28. The average Bonchev–Trinajstić information content (AvgIpc) is 3.71. The van der Waals surface area contributed by atoms with Crippen LogP contribution < -0.4 is 22.8 Å². The van der Waals surface area contributed by atoms with E-state index in [4.69, 9.17) is 48.5 Å². The first kappa shape index (κ1) is 62.3. The highest BCUT2D eigenvalue weighted by Crippen LogP contribution is 2.55. The van der Waals surface area contributed by atoms with E-state index >= 15 is 0 Å². The zero-order valence-electron chi connectivity index (χ0n) is 38.6. The number of rotatable bonds is 19. The lowest BCUT2D eigenvalue weighted by Gasteiger charge is -2.45. The number of carboxylic acids is 2. The van der Waals surface area contributed by atoms with Gasteiger partial charge in [-0.3, -0.25) is 18.2 Å². The van der Waals surface area contributed by atoms with Gasteiger partial charge in [-0.2, -0.15) is 9.97 Å². The number of nitrogens with zero attached hydrogens (tertiary/aromatic N) is 4. The fourth-order valence-electron chi connectivity index (χ4n) is 8.20. The number of carbonyl (C=O) groups is 6. The van der Waals surface area contributed by atoms with E-state index < -0.39 is 173 Å². The molecule has 6 heterocycles. The number of carbonyl (C=O) groups excluding carboxylic acids is 4. The monoisotopic (exact) mass is 1120 g/mol. The maximum absolute atomic E-state index is 12.9. The van der Waals surface area contributed by atoms with Crippen molar-refractivity contribution in [3.05, 3.63) is 45.5 Å². The average molecular weight is 1120 g/mol. The maximum atomic E-state index is 12.9. The third-order valence-electron chi connectivity index (χ3n) is 11.7. The third-order valence-corrected chi connectivity index (χ3v) is 13.7. The molecular weight excluding hydrogens is 1060 g/mol. The topological polar surface area (TPSA) is 535 Å². The van der Waals surface area contributed by atoms with Gasteiger partial charge in [0, 0.05) is 55.8 Å². The Labute approximate surface area is 421 Å². The number of aromatic nitrogens is 4. The van der Waals surface area contributed by atoms with Crippen LogP contribution in [0.3, 0.4) is 0 Å². The number of carboxylic acid groups (broad SMARTS) is 2. The van der Waals surface area contributed by atoms with Crippen LogP contribution in [-0.2, 0) is 74.9 Å². The summed E-state index contributed by atoms with van der Waals surface area (Å²) < 4.78 is 67.2. The summed E-state index contributed by atoms with van der Waals surface area (Å²) in [5, 5.41) is 81.3. The molecular formula is C39H56N6O28P2. The van der Waals surface area contributed by atoms with Gasteiger partial charge in [-0.15, -0.1) is 0 Å². The van der Waals surface area contributed by atoms with Gasteiger partial charge in [-0.1, -0.05) is 14.4 Å². The van der Waals surface area contributed by atoms with Gasteiger partial charge in [-0.25, -0.2) is 37.4 Å². The first-order chi connectivity index (χ1) is 34.3. The Morgan fingerprint density at radius 3 is 1.63 bits per heavy atom. The molecule has 0 aliphatic carbocycles. The van der Waals surface area contributed by atoms with Gasteiger partial charge in [0.2, 0.25) is 0 Å². The summed E-state index contributed by atoms with van der Waals surface area (Å²) in [7, 11) is -11.1. The molecule has 0 bridgehead atoms. The minimum Gasteiger partial charge on any atom is -0.477 e. The number of aliphatic carboxylic acids is 2. The SMILES string of the molecule is C.CC(=O)CC1C(O)CC(OP(=O)(O)OC2OC(n3ccc(N)nc3=O)C(C)C2O)(C(=O)O)OC1C(O)C=O.CC(=O)CC1C(O)CC(OP(=O)(O)OC2OC(n3ccc(N)nc3=O)C(O)C2O)(C(=O)O)OC1C=O. The zero-order chi connectivity index (χ0) is 55.6. The second-order valence-corrected chi connectivity index (χ2v) is 19.9. The number of nitrogen functional groups attached to an aromatic ring is 2. The van der Waals surface area contributed by atoms with Crippen molar-refractivity contribution in [3.8, 4) is 0 Å². The molecule has 4 aliphatic heterocycles. The smallest absolute Gasteiger partial charge is 0.477 e. The minimum absolute atomic E-state index is 0. The van der Waals surface area contributed by atoms with E-state index in [0.717, 1.165) is 17.7 Å². The number of anilines is 2. The lowest BCUT2D eigenvalue weighted by atomic mass is 9.82. The van der Waals surface area contributed by atoms with Gasteiger partial charge in [0.05, 0.1) is 18.3 Å². The number of aldehydes is 2. The normalized spacial score (nSPS) is 35.5. The largest absolute Gasteiger partial charge is 0.477 e. The summed E-state index contributed by atoms with van der Waals surface area (Å²) in [6.45, 7) is 3.74. The van der Waals surface area contributed by atoms with E-state index in [9.17, 15) is 98.1 Å². The van der Waals surface area contributed by atoms with Gasteiger partial charge in [-0.05, 0) is 26.0 Å². The van der Waals surface area contributed by atoms with E-state index in [1.807, 2.05) is 0 Å². The van der Waals surface area contributed by atoms with Gasteiger partial charge in [0.1, 0.15) is 66.2 Å². The molecule has 2 aromatic rings. The van der Waals surface area contributed by atoms with E-state index in [-0.39, 0.29) is 38.1 Å². The van der Waals surface area contributed by atoms with E-state index in [2.05, 4.69) is 9.97 Å². The van der Waals surface area contributed by atoms with Crippen LogP contribution >= 0.6 is 15.6 Å². The van der Waals surface area contributed by atoms with Crippen LogP contribution in [0.2, 0.25) is 0 Å². The fourth-order valence-corrected chi connectivity index (χ4v) is 10.3. The Morgan fingerprint density at radius 2 is 1.19 bits per heavy atom. The number of aliphatic hydroxyl groups excluding tert-OH is 6. The van der Waals surface area contributed by atoms with Crippen molar-refractivity contribution >= 4 is 63.4 Å². The molecule has 0 radical (unpaired) electrons. The third kappa shape index (κ3) is 14.2. The first-order valence-corrected chi connectivity index (χ1v) is 24.5. The molecule has 14 N–H and O–H groups in total. The van der Waals surface area contributed by atoms with Crippen molar-refractivity contribution in [2.45, 2.75) is 139 Å². The molecule has 0 spiro atoms. The van der Waals surface area contributed by atoms with E-state index in [0.29, 0.717) is 4.57 Å². The quantitative estimate of drug-likeness (QED) is 0.0469. The highest BCUT2D eigenvalue weighted by Gasteiger charge is 2.60. The Morgan fingerprint density at radius 1 is 0.760 bits per heavy atom. The molecule has 75 heavy (non-hydrogen) atoms. The van der Waals surface area contributed by atoms with Crippen molar-refractivity contribution in [2.75, 3.05) is 11.5 Å². The van der Waals surface area contributed by atoms with Crippen LogP contribution in [0.4, 0.5) is 11.6 Å². The van der Waals surface area contributed by atoms with Crippen LogP contribution in [0, 0.1) is 17.8 Å². The number of aliphatic hydroxyl groups is 6. The van der Waals surface area contributed by atoms with E-state index in [1.54, 1.807) is 0 Å². The van der Waals surface area contributed by atoms with Gasteiger partial charge < -0.3 is 100 Å². The van der Waals surface area contributed by atoms with Crippen molar-refractivity contribution in [1.82, 2.24) is 19.1 Å². The zero-order valence-corrected chi connectivity index (χ0v) is 40.4. The summed E-state index contributed by atoms with van der Waals surface area (Å²) in [5.74, 6) is -14.7. The maximum Gasteiger partial charge on any atom is 0.477 e. The molecule has 0 aromatic carbocycles. The molecule has 19 unspecified atom stereocenters. The van der Waals surface area contributed by atoms with Crippen molar-refractivity contribution in [3.63, 3.8) is 0 Å². The fraction of sp³-hybridized carbons (Fsp3) is 0.641. The predicted octanol–water partition coefficient (Wildman–Crippen LogP) is -4.21. The minimum atomic E-state index is -5.56. The molecule has 0 saturated carbocycles. The second-order valence-electron chi connectivity index (χ2n) is 17.3. The molecule has 4 fully saturated rings. The summed E-state index contributed by atoms with van der Waals surface area (Å²) in [6.07, 6.45) is -21.9. The summed E-state index contributed by atoms with van der Waals surface area (Å²) in [5.41, 5.74) is 8.98. The molecule has 4 saturated heterocycles. The molecule has 0 amide bonds. The summed E-state index contributed by atoms with van der Waals surface area (Å²) >= 11 is 0. The molecule has 19 atom stereocenters. The molecule has 420 valence electrons. The number of ether oxygens (including phenoxy) is 4.